The van der Waals surface area contributed by atoms with E-state index < -0.39 is 17.3 Å². The lowest BCUT2D eigenvalue weighted by Gasteiger charge is -2.39. The number of alkyl halides is 1. The Bertz CT molecular complexity index is 815. The zero-order valence-electron chi connectivity index (χ0n) is 20.8. The van der Waals surface area contributed by atoms with Crippen molar-refractivity contribution in [3.05, 3.63) is 47.0 Å². The molecule has 190 valence electrons. The Kier molecular flexibility index (Phi) is 8.79. The van der Waals surface area contributed by atoms with Crippen LogP contribution in [-0.4, -0.2) is 25.2 Å². The maximum absolute atomic E-state index is 14.5. The van der Waals surface area contributed by atoms with Gasteiger partial charge in [0.1, 0.15) is 0 Å². The summed E-state index contributed by atoms with van der Waals surface area (Å²) < 4.78 is 54.9. The molecule has 1 saturated heterocycles. The molecule has 0 aromatic heterocycles. The van der Waals surface area contributed by atoms with E-state index in [-0.39, 0.29) is 25.4 Å². The van der Waals surface area contributed by atoms with Gasteiger partial charge < -0.3 is 9.47 Å². The first-order chi connectivity index (χ1) is 16.4. The number of halogens is 3. The highest BCUT2D eigenvalue weighted by atomic mass is 19.2. The molecule has 0 unspecified atom stereocenters. The second-order valence-electron chi connectivity index (χ2n) is 10.9. The lowest BCUT2D eigenvalue weighted by Crippen LogP contribution is -2.46. The van der Waals surface area contributed by atoms with E-state index >= 15 is 0 Å². The van der Waals surface area contributed by atoms with Crippen LogP contribution in [0, 0.1) is 29.4 Å². The van der Waals surface area contributed by atoms with E-state index in [0.29, 0.717) is 41.7 Å². The molecule has 0 N–H and O–H groups in total. The number of allylic oxidation sites excluding steroid dienone is 2. The van der Waals surface area contributed by atoms with Crippen molar-refractivity contribution >= 4 is 0 Å². The topological polar surface area (TPSA) is 18.5 Å². The molecule has 0 amide bonds. The van der Waals surface area contributed by atoms with E-state index in [2.05, 4.69) is 12.2 Å². The number of benzene rings is 1. The van der Waals surface area contributed by atoms with E-state index in [0.717, 1.165) is 57.8 Å². The Morgan fingerprint density at radius 1 is 0.853 bits per heavy atom. The summed E-state index contributed by atoms with van der Waals surface area (Å²) in [6, 6.07) is 3.55. The van der Waals surface area contributed by atoms with Crippen LogP contribution in [0.5, 0.6) is 0 Å². The van der Waals surface area contributed by atoms with Crippen LogP contribution in [0.25, 0.3) is 0 Å². The lowest BCUT2D eigenvalue weighted by atomic mass is 9.77. The van der Waals surface area contributed by atoms with Gasteiger partial charge >= 0.3 is 0 Å². The molecule has 0 spiro atoms. The fourth-order valence-corrected chi connectivity index (χ4v) is 6.16. The van der Waals surface area contributed by atoms with Crippen molar-refractivity contribution in [3.63, 3.8) is 0 Å². The average molecular weight is 479 g/mol. The van der Waals surface area contributed by atoms with Crippen LogP contribution in [0.4, 0.5) is 13.2 Å². The van der Waals surface area contributed by atoms with E-state index in [4.69, 9.17) is 9.47 Å². The fourth-order valence-electron chi connectivity index (χ4n) is 6.16. The highest BCUT2D eigenvalue weighted by molar-refractivity contribution is 5.29. The molecule has 3 aliphatic rings. The van der Waals surface area contributed by atoms with Crippen LogP contribution >= 0.6 is 0 Å². The van der Waals surface area contributed by atoms with Gasteiger partial charge in [-0.25, -0.2) is 13.2 Å². The number of hydrogen-bond donors (Lipinski definition) is 0. The molecular formula is C29H41F3O2. The maximum atomic E-state index is 14.5. The smallest absolute Gasteiger partial charge is 0.162 e. The van der Waals surface area contributed by atoms with Gasteiger partial charge in [-0.2, -0.15) is 0 Å². The first-order valence-electron chi connectivity index (χ1n) is 13.5. The van der Waals surface area contributed by atoms with Gasteiger partial charge in [0.15, 0.2) is 23.6 Å². The Morgan fingerprint density at radius 3 is 2.00 bits per heavy atom. The molecule has 2 aliphatic carbocycles. The van der Waals surface area contributed by atoms with Gasteiger partial charge in [0.2, 0.25) is 0 Å². The SMILES string of the molecule is CCCC1(F)COC(C2CCC(/C=C/C3CCC(c4ccc(CC)c(F)c4F)CC3)CC2)OC1. The molecule has 34 heavy (non-hydrogen) atoms. The van der Waals surface area contributed by atoms with Crippen LogP contribution in [0.15, 0.2) is 24.3 Å². The summed E-state index contributed by atoms with van der Waals surface area (Å²) in [4.78, 5) is 0. The molecule has 1 aromatic carbocycles. The molecule has 5 heteroatoms. The number of rotatable bonds is 7. The number of ether oxygens (including phenoxy) is 2. The van der Waals surface area contributed by atoms with E-state index in [1.807, 2.05) is 13.8 Å². The number of aryl methyl sites for hydroxylation is 1. The standard InChI is InChI=1S/C29H41F3O2/c1-3-17-29(32)18-33-28(34-19-29)24-13-9-21(10-14-24)6-5-20-7-11-23(12-8-20)25-16-15-22(4-2)26(30)27(25)31/h5-6,15-16,20-21,23-24,28H,3-4,7-14,17-19H2,1-2H3/b6-5+. The van der Waals surface area contributed by atoms with Gasteiger partial charge in [0, 0.05) is 5.92 Å². The van der Waals surface area contributed by atoms with Gasteiger partial charge in [0.05, 0.1) is 13.2 Å². The predicted octanol–water partition coefficient (Wildman–Crippen LogP) is 8.04. The molecule has 1 aromatic rings. The minimum absolute atomic E-state index is 0.122. The van der Waals surface area contributed by atoms with E-state index in [9.17, 15) is 13.2 Å². The van der Waals surface area contributed by atoms with Gasteiger partial charge in [-0.3, -0.25) is 0 Å². The molecule has 0 bridgehead atoms. The maximum Gasteiger partial charge on any atom is 0.162 e. The summed E-state index contributed by atoms with van der Waals surface area (Å²) in [5.74, 6) is 0.288. The third-order valence-corrected chi connectivity index (χ3v) is 8.35. The molecule has 4 rings (SSSR count). The monoisotopic (exact) mass is 478 g/mol. The largest absolute Gasteiger partial charge is 0.349 e. The minimum atomic E-state index is -1.32. The third kappa shape index (κ3) is 6.07. The zero-order valence-corrected chi connectivity index (χ0v) is 20.8. The average Bonchev–Trinajstić information content (AvgIpc) is 2.86. The van der Waals surface area contributed by atoms with Gasteiger partial charge in [-0.05, 0) is 93.1 Å². The van der Waals surface area contributed by atoms with Crippen LogP contribution in [0.3, 0.4) is 0 Å². The van der Waals surface area contributed by atoms with Crippen molar-refractivity contribution in [2.45, 2.75) is 102 Å². The molecule has 1 aliphatic heterocycles. The second kappa shape index (κ2) is 11.6. The zero-order chi connectivity index (χ0) is 24.1. The van der Waals surface area contributed by atoms with E-state index in [1.54, 1.807) is 12.1 Å². The highest BCUT2D eigenvalue weighted by Gasteiger charge is 2.39. The predicted molar refractivity (Wildman–Crippen MR) is 129 cm³/mol. The Morgan fingerprint density at radius 2 is 1.44 bits per heavy atom. The van der Waals surface area contributed by atoms with Gasteiger partial charge in [-0.1, -0.05) is 44.6 Å². The fraction of sp³-hybridized carbons (Fsp3) is 0.724. The van der Waals surface area contributed by atoms with Crippen molar-refractivity contribution in [3.8, 4) is 0 Å². The lowest BCUT2D eigenvalue weighted by molar-refractivity contribution is -0.257. The van der Waals surface area contributed by atoms with Gasteiger partial charge in [0.25, 0.3) is 0 Å². The first kappa shape index (κ1) is 25.8. The van der Waals surface area contributed by atoms with Crippen molar-refractivity contribution in [1.82, 2.24) is 0 Å². The Balaban J connectivity index is 1.20. The Hall–Kier alpha value is -1.33. The summed E-state index contributed by atoms with van der Waals surface area (Å²) in [6.45, 7) is 4.16. The molecular weight excluding hydrogens is 437 g/mol. The molecule has 0 radical (unpaired) electrons. The summed E-state index contributed by atoms with van der Waals surface area (Å²) >= 11 is 0. The molecule has 0 atom stereocenters. The Labute approximate surface area is 203 Å². The van der Waals surface area contributed by atoms with Crippen LogP contribution in [-0.2, 0) is 15.9 Å². The molecule has 3 fully saturated rings. The summed E-state index contributed by atoms with van der Waals surface area (Å²) in [5.41, 5.74) is -0.299. The second-order valence-corrected chi connectivity index (χ2v) is 10.9. The summed E-state index contributed by atoms with van der Waals surface area (Å²) in [7, 11) is 0. The summed E-state index contributed by atoms with van der Waals surface area (Å²) in [5, 5.41) is 0. The first-order valence-corrected chi connectivity index (χ1v) is 13.5. The summed E-state index contributed by atoms with van der Waals surface area (Å²) in [6.07, 6.45) is 14.5. The minimum Gasteiger partial charge on any atom is -0.349 e. The van der Waals surface area contributed by atoms with Gasteiger partial charge in [-0.15, -0.1) is 0 Å². The normalized spacial score (nSPS) is 35.0. The van der Waals surface area contributed by atoms with Crippen molar-refractivity contribution in [2.24, 2.45) is 17.8 Å². The van der Waals surface area contributed by atoms with Crippen molar-refractivity contribution in [1.29, 1.82) is 0 Å². The molecule has 2 saturated carbocycles. The van der Waals surface area contributed by atoms with Crippen LogP contribution in [0.1, 0.15) is 95.1 Å². The van der Waals surface area contributed by atoms with Crippen LogP contribution in [0.2, 0.25) is 0 Å². The van der Waals surface area contributed by atoms with Crippen molar-refractivity contribution in [2.75, 3.05) is 13.2 Å². The van der Waals surface area contributed by atoms with Crippen molar-refractivity contribution < 1.29 is 22.6 Å². The molecule has 1 heterocycles. The quantitative estimate of drug-likeness (QED) is 0.369. The number of hydrogen-bond acceptors (Lipinski definition) is 2. The van der Waals surface area contributed by atoms with E-state index in [1.165, 1.54) is 0 Å². The third-order valence-electron chi connectivity index (χ3n) is 8.35. The highest BCUT2D eigenvalue weighted by Crippen LogP contribution is 2.40. The van der Waals surface area contributed by atoms with Crippen LogP contribution < -0.4 is 0 Å². The molecule has 2 nitrogen and oxygen atoms in total.